The molecule has 23 heavy (non-hydrogen) atoms. The summed E-state index contributed by atoms with van der Waals surface area (Å²) in [7, 11) is 1.60. The number of nitrogens with one attached hydrogen (secondary N) is 1. The molecule has 6 heteroatoms. The van der Waals surface area contributed by atoms with E-state index >= 15 is 0 Å². The van der Waals surface area contributed by atoms with Gasteiger partial charge < -0.3 is 14.8 Å². The highest BCUT2D eigenvalue weighted by Gasteiger charge is 2.15. The van der Waals surface area contributed by atoms with Crippen molar-refractivity contribution in [1.82, 2.24) is 5.32 Å². The van der Waals surface area contributed by atoms with Crippen molar-refractivity contribution in [1.29, 1.82) is 0 Å². The first-order valence-electron chi connectivity index (χ1n) is 7.15. The lowest BCUT2D eigenvalue weighted by atomic mass is 10.1. The molecule has 0 radical (unpaired) electrons. The quantitative estimate of drug-likeness (QED) is 0.825. The van der Waals surface area contributed by atoms with Gasteiger partial charge in [-0.2, -0.15) is 0 Å². The van der Waals surface area contributed by atoms with Crippen molar-refractivity contribution in [2.45, 2.75) is 19.9 Å². The topological polar surface area (TPSA) is 64.6 Å². The highest BCUT2D eigenvalue weighted by molar-refractivity contribution is 7.12. The number of methoxy groups -OCH3 is 1. The Morgan fingerprint density at radius 1 is 1.22 bits per heavy atom. The minimum atomic E-state index is -0.468. The van der Waals surface area contributed by atoms with Gasteiger partial charge in [-0.15, -0.1) is 11.3 Å². The first-order valence-corrected chi connectivity index (χ1v) is 8.03. The number of carbonyl (C=O) groups excluding carboxylic acids is 2. The van der Waals surface area contributed by atoms with Crippen molar-refractivity contribution in [2.75, 3.05) is 13.7 Å². The van der Waals surface area contributed by atoms with Crippen LogP contribution < -0.4 is 10.1 Å². The van der Waals surface area contributed by atoms with Gasteiger partial charge in [0.15, 0.2) is 6.61 Å². The standard InChI is InChI=1S/C17H19NO4S/c1-11-8-9-23-16(11)17(20)22-10-15(19)18-12(2)13-4-6-14(21-3)7-5-13/h4-9,12H,10H2,1-3H3,(H,18,19). The Labute approximate surface area is 139 Å². The number of benzene rings is 1. The second kappa shape index (κ2) is 7.78. The van der Waals surface area contributed by atoms with Crippen LogP contribution in [-0.4, -0.2) is 25.6 Å². The van der Waals surface area contributed by atoms with Gasteiger partial charge in [-0.05, 0) is 48.6 Å². The predicted molar refractivity (Wildman–Crippen MR) is 88.9 cm³/mol. The van der Waals surface area contributed by atoms with Crippen LogP contribution in [0.4, 0.5) is 0 Å². The second-order valence-corrected chi connectivity index (χ2v) is 5.99. The third-order valence-electron chi connectivity index (χ3n) is 3.38. The van der Waals surface area contributed by atoms with Gasteiger partial charge >= 0.3 is 5.97 Å². The molecule has 1 atom stereocenters. The molecule has 122 valence electrons. The zero-order valence-electron chi connectivity index (χ0n) is 13.3. The summed E-state index contributed by atoms with van der Waals surface area (Å²) in [5.41, 5.74) is 1.80. The van der Waals surface area contributed by atoms with E-state index in [0.717, 1.165) is 16.9 Å². The molecule has 1 heterocycles. The van der Waals surface area contributed by atoms with E-state index in [1.54, 1.807) is 7.11 Å². The summed E-state index contributed by atoms with van der Waals surface area (Å²) < 4.78 is 10.1. The van der Waals surface area contributed by atoms with Crippen LogP contribution in [0, 0.1) is 6.92 Å². The van der Waals surface area contributed by atoms with E-state index in [1.807, 2.05) is 49.6 Å². The summed E-state index contributed by atoms with van der Waals surface area (Å²) in [6, 6.07) is 9.08. The smallest absolute Gasteiger partial charge is 0.349 e. The van der Waals surface area contributed by atoms with Gasteiger partial charge in [0.2, 0.25) is 0 Å². The Kier molecular flexibility index (Phi) is 5.76. The van der Waals surface area contributed by atoms with E-state index in [9.17, 15) is 9.59 Å². The fourth-order valence-corrected chi connectivity index (χ4v) is 2.85. The highest BCUT2D eigenvalue weighted by atomic mass is 32.1. The van der Waals surface area contributed by atoms with E-state index in [2.05, 4.69) is 5.32 Å². The molecular formula is C17H19NO4S. The lowest BCUT2D eigenvalue weighted by Gasteiger charge is -2.14. The molecule has 0 saturated heterocycles. The summed E-state index contributed by atoms with van der Waals surface area (Å²) in [4.78, 5) is 24.3. The zero-order valence-corrected chi connectivity index (χ0v) is 14.1. The van der Waals surface area contributed by atoms with Crippen molar-refractivity contribution in [3.63, 3.8) is 0 Å². The molecule has 0 aliphatic carbocycles. The van der Waals surface area contributed by atoms with E-state index in [-0.39, 0.29) is 18.6 Å². The summed E-state index contributed by atoms with van der Waals surface area (Å²) in [6.45, 7) is 3.40. The van der Waals surface area contributed by atoms with Crippen LogP contribution in [0.1, 0.15) is 33.8 Å². The Morgan fingerprint density at radius 2 is 1.91 bits per heavy atom. The molecule has 1 aromatic heterocycles. The van der Waals surface area contributed by atoms with Crippen LogP contribution >= 0.6 is 11.3 Å². The number of aryl methyl sites for hydroxylation is 1. The highest BCUT2D eigenvalue weighted by Crippen LogP contribution is 2.18. The third-order valence-corrected chi connectivity index (χ3v) is 4.37. The maximum atomic E-state index is 11.9. The number of hydrogen-bond acceptors (Lipinski definition) is 5. The first kappa shape index (κ1) is 17.0. The largest absolute Gasteiger partial charge is 0.497 e. The van der Waals surface area contributed by atoms with Crippen LogP contribution in [0.15, 0.2) is 35.7 Å². The van der Waals surface area contributed by atoms with Gasteiger partial charge in [0.05, 0.1) is 13.2 Å². The van der Waals surface area contributed by atoms with Crippen molar-refractivity contribution in [3.05, 3.63) is 51.7 Å². The van der Waals surface area contributed by atoms with Crippen LogP contribution in [-0.2, 0) is 9.53 Å². The number of esters is 1. The van der Waals surface area contributed by atoms with Gasteiger partial charge in [-0.1, -0.05) is 12.1 Å². The number of thiophene rings is 1. The zero-order chi connectivity index (χ0) is 16.8. The lowest BCUT2D eigenvalue weighted by Crippen LogP contribution is -2.31. The van der Waals surface area contributed by atoms with Crippen molar-refractivity contribution < 1.29 is 19.1 Å². The average molecular weight is 333 g/mol. The van der Waals surface area contributed by atoms with Gasteiger partial charge in [-0.3, -0.25) is 4.79 Å². The molecule has 2 aromatic rings. The van der Waals surface area contributed by atoms with Crippen LogP contribution in [0.2, 0.25) is 0 Å². The fraction of sp³-hybridized carbons (Fsp3) is 0.294. The number of ether oxygens (including phenoxy) is 2. The molecule has 1 unspecified atom stereocenters. The summed E-state index contributed by atoms with van der Waals surface area (Å²) >= 11 is 1.31. The maximum Gasteiger partial charge on any atom is 0.349 e. The summed E-state index contributed by atoms with van der Waals surface area (Å²) in [5, 5.41) is 4.61. The Hall–Kier alpha value is -2.34. The van der Waals surface area contributed by atoms with Crippen LogP contribution in [0.3, 0.4) is 0 Å². The molecule has 0 aliphatic heterocycles. The number of carbonyl (C=O) groups is 2. The van der Waals surface area contributed by atoms with Crippen molar-refractivity contribution in [3.8, 4) is 5.75 Å². The van der Waals surface area contributed by atoms with Crippen molar-refractivity contribution in [2.24, 2.45) is 0 Å². The van der Waals surface area contributed by atoms with Crippen LogP contribution in [0.5, 0.6) is 5.75 Å². The molecule has 0 bridgehead atoms. The number of amides is 1. The number of rotatable bonds is 6. The Bertz CT molecular complexity index is 678. The fourth-order valence-electron chi connectivity index (χ4n) is 2.04. The SMILES string of the molecule is COc1ccc(C(C)NC(=O)COC(=O)c2sccc2C)cc1. The molecule has 1 N–H and O–H groups in total. The predicted octanol–water partition coefficient (Wildman–Crippen LogP) is 3.10. The molecule has 2 rings (SSSR count). The molecule has 1 aromatic carbocycles. The monoisotopic (exact) mass is 333 g/mol. The first-order chi connectivity index (χ1) is 11.0. The normalized spacial score (nSPS) is 11.6. The van der Waals surface area contributed by atoms with Gasteiger partial charge in [0, 0.05) is 0 Å². The molecular weight excluding hydrogens is 314 g/mol. The maximum absolute atomic E-state index is 11.9. The molecule has 0 saturated carbocycles. The average Bonchev–Trinajstić information content (AvgIpc) is 2.98. The summed E-state index contributed by atoms with van der Waals surface area (Å²) in [6.07, 6.45) is 0. The Balaban J connectivity index is 1.84. The molecule has 0 spiro atoms. The van der Waals surface area contributed by atoms with Crippen molar-refractivity contribution >= 4 is 23.2 Å². The van der Waals surface area contributed by atoms with E-state index in [1.165, 1.54) is 11.3 Å². The Morgan fingerprint density at radius 3 is 2.48 bits per heavy atom. The number of hydrogen-bond donors (Lipinski definition) is 1. The molecule has 1 amide bonds. The minimum Gasteiger partial charge on any atom is -0.497 e. The molecule has 0 aliphatic rings. The van der Waals surface area contributed by atoms with E-state index < -0.39 is 5.97 Å². The lowest BCUT2D eigenvalue weighted by molar-refractivity contribution is -0.124. The minimum absolute atomic E-state index is 0.185. The second-order valence-electron chi connectivity index (χ2n) is 5.07. The summed E-state index contributed by atoms with van der Waals surface area (Å²) in [5.74, 6) is -0.0480. The van der Waals surface area contributed by atoms with Gasteiger partial charge in [-0.25, -0.2) is 4.79 Å². The molecule has 5 nitrogen and oxygen atoms in total. The third kappa shape index (κ3) is 4.56. The van der Waals surface area contributed by atoms with Gasteiger partial charge in [0.25, 0.3) is 5.91 Å². The van der Waals surface area contributed by atoms with Gasteiger partial charge in [0.1, 0.15) is 10.6 Å². The van der Waals surface area contributed by atoms with Crippen LogP contribution in [0.25, 0.3) is 0 Å². The van der Waals surface area contributed by atoms with E-state index in [4.69, 9.17) is 9.47 Å². The molecule has 0 fully saturated rings. The van der Waals surface area contributed by atoms with E-state index in [0.29, 0.717) is 4.88 Å².